The van der Waals surface area contributed by atoms with E-state index in [0.717, 1.165) is 17.7 Å². The van der Waals surface area contributed by atoms with Crippen molar-refractivity contribution in [2.45, 2.75) is 32.8 Å². The topological polar surface area (TPSA) is 75.7 Å². The van der Waals surface area contributed by atoms with Crippen molar-refractivity contribution in [3.63, 3.8) is 0 Å². The maximum atomic E-state index is 12.3. The van der Waals surface area contributed by atoms with E-state index < -0.39 is 18.0 Å². The van der Waals surface area contributed by atoms with E-state index in [1.807, 2.05) is 0 Å². The maximum absolute atomic E-state index is 12.3. The number of nitrogens with one attached hydrogen (secondary N) is 1. The van der Waals surface area contributed by atoms with Crippen molar-refractivity contribution in [2.24, 2.45) is 0 Å². The second-order valence-electron chi connectivity index (χ2n) is 6.64. The summed E-state index contributed by atoms with van der Waals surface area (Å²) in [4.78, 5) is 38.1. The number of benzene rings is 2. The summed E-state index contributed by atoms with van der Waals surface area (Å²) in [6, 6.07) is 11.8. The summed E-state index contributed by atoms with van der Waals surface area (Å²) in [5.74, 6) is -0.973. The first-order chi connectivity index (χ1) is 13.4. The molecule has 0 spiro atoms. The van der Waals surface area contributed by atoms with Gasteiger partial charge in [0, 0.05) is 29.4 Å². The molecule has 0 aromatic heterocycles. The van der Waals surface area contributed by atoms with Crippen LogP contribution in [-0.2, 0) is 14.3 Å². The van der Waals surface area contributed by atoms with E-state index >= 15 is 0 Å². The quantitative estimate of drug-likeness (QED) is 0.771. The number of ether oxygens (including phenoxy) is 1. The Morgan fingerprint density at radius 3 is 2.54 bits per heavy atom. The van der Waals surface area contributed by atoms with Crippen LogP contribution in [0.5, 0.6) is 0 Å². The smallest absolute Gasteiger partial charge is 0.338 e. The Labute approximate surface area is 168 Å². The Balaban J connectivity index is 1.61. The lowest BCUT2D eigenvalue weighted by molar-refractivity contribution is -0.123. The van der Waals surface area contributed by atoms with Crippen LogP contribution in [0.15, 0.2) is 42.5 Å². The summed E-state index contributed by atoms with van der Waals surface area (Å²) < 4.78 is 5.26. The molecule has 146 valence electrons. The van der Waals surface area contributed by atoms with Gasteiger partial charge in [-0.05, 0) is 62.2 Å². The molecule has 7 heteroatoms. The fraction of sp³-hybridized carbons (Fsp3) is 0.286. The molecule has 1 atom stereocenters. The third kappa shape index (κ3) is 4.34. The van der Waals surface area contributed by atoms with E-state index in [-0.39, 0.29) is 5.91 Å². The van der Waals surface area contributed by atoms with Crippen LogP contribution < -0.4 is 10.2 Å². The minimum atomic E-state index is -0.981. The molecule has 1 fully saturated rings. The predicted molar refractivity (Wildman–Crippen MR) is 108 cm³/mol. The van der Waals surface area contributed by atoms with Crippen LogP contribution in [0, 0.1) is 6.92 Å². The van der Waals surface area contributed by atoms with E-state index in [1.165, 1.54) is 6.92 Å². The number of anilines is 2. The Kier molecular flexibility index (Phi) is 5.99. The summed E-state index contributed by atoms with van der Waals surface area (Å²) in [5.41, 5.74) is 2.37. The van der Waals surface area contributed by atoms with Crippen LogP contribution in [0.1, 0.15) is 35.7 Å². The molecule has 0 aliphatic carbocycles. The van der Waals surface area contributed by atoms with Gasteiger partial charge in [-0.15, -0.1) is 0 Å². The van der Waals surface area contributed by atoms with Gasteiger partial charge in [0.1, 0.15) is 0 Å². The van der Waals surface area contributed by atoms with Crippen LogP contribution in [0.2, 0.25) is 5.02 Å². The van der Waals surface area contributed by atoms with Crippen LogP contribution in [0.3, 0.4) is 0 Å². The Morgan fingerprint density at radius 2 is 1.89 bits per heavy atom. The lowest BCUT2D eigenvalue weighted by atomic mass is 10.2. The average molecular weight is 401 g/mol. The summed E-state index contributed by atoms with van der Waals surface area (Å²) in [7, 11) is 0. The zero-order valence-electron chi connectivity index (χ0n) is 15.7. The minimum absolute atomic E-state index is 0.0805. The monoisotopic (exact) mass is 400 g/mol. The van der Waals surface area contributed by atoms with Crippen molar-refractivity contribution in [3.8, 4) is 0 Å². The van der Waals surface area contributed by atoms with Crippen molar-refractivity contribution in [1.29, 1.82) is 0 Å². The number of amides is 2. The molecule has 2 amide bonds. The second kappa shape index (κ2) is 8.44. The summed E-state index contributed by atoms with van der Waals surface area (Å²) in [6.45, 7) is 3.98. The molecule has 6 nitrogen and oxygen atoms in total. The standard InChI is InChI=1S/C21H21ClN2O4/c1-13-17(22)5-3-6-18(13)23-20(26)14(2)28-21(27)15-8-10-16(11-9-15)24-12-4-7-19(24)25/h3,5-6,8-11,14H,4,7,12H2,1-2H3,(H,23,26)/t14-/m1/s1. The molecule has 0 bridgehead atoms. The summed E-state index contributed by atoms with van der Waals surface area (Å²) in [6.07, 6.45) is 0.398. The molecular formula is C21H21ClN2O4. The Bertz CT molecular complexity index is 911. The highest BCUT2D eigenvalue weighted by Crippen LogP contribution is 2.24. The highest BCUT2D eigenvalue weighted by Gasteiger charge is 2.23. The molecule has 0 saturated carbocycles. The van der Waals surface area contributed by atoms with Gasteiger partial charge in [-0.3, -0.25) is 9.59 Å². The van der Waals surface area contributed by atoms with E-state index in [4.69, 9.17) is 16.3 Å². The average Bonchev–Trinajstić information content (AvgIpc) is 3.11. The van der Waals surface area contributed by atoms with E-state index in [9.17, 15) is 14.4 Å². The molecule has 28 heavy (non-hydrogen) atoms. The molecule has 0 radical (unpaired) electrons. The molecule has 0 unspecified atom stereocenters. The molecule has 1 N–H and O–H groups in total. The fourth-order valence-corrected chi connectivity index (χ4v) is 3.13. The third-order valence-electron chi connectivity index (χ3n) is 4.67. The van der Waals surface area contributed by atoms with Crippen LogP contribution in [-0.4, -0.2) is 30.4 Å². The van der Waals surface area contributed by atoms with Crippen molar-refractivity contribution in [3.05, 3.63) is 58.6 Å². The largest absolute Gasteiger partial charge is 0.449 e. The molecule has 1 saturated heterocycles. The molecule has 1 heterocycles. The molecule has 1 aliphatic rings. The number of hydrogen-bond acceptors (Lipinski definition) is 4. The lowest BCUT2D eigenvalue weighted by Crippen LogP contribution is -2.30. The van der Waals surface area contributed by atoms with Gasteiger partial charge < -0.3 is 15.0 Å². The van der Waals surface area contributed by atoms with Crippen LogP contribution >= 0.6 is 11.6 Å². The van der Waals surface area contributed by atoms with Gasteiger partial charge >= 0.3 is 5.97 Å². The van der Waals surface area contributed by atoms with E-state index in [2.05, 4.69) is 5.32 Å². The van der Waals surface area contributed by atoms with Crippen molar-refractivity contribution >= 4 is 40.8 Å². The first-order valence-corrected chi connectivity index (χ1v) is 9.42. The van der Waals surface area contributed by atoms with Crippen molar-refractivity contribution in [1.82, 2.24) is 0 Å². The third-order valence-corrected chi connectivity index (χ3v) is 5.08. The number of carbonyl (C=O) groups excluding carboxylic acids is 3. The zero-order valence-corrected chi connectivity index (χ0v) is 16.5. The number of hydrogen-bond donors (Lipinski definition) is 1. The minimum Gasteiger partial charge on any atom is -0.449 e. The lowest BCUT2D eigenvalue weighted by Gasteiger charge is -2.17. The number of esters is 1. The van der Waals surface area contributed by atoms with Gasteiger partial charge in [-0.25, -0.2) is 4.79 Å². The van der Waals surface area contributed by atoms with Gasteiger partial charge in [-0.2, -0.15) is 0 Å². The Morgan fingerprint density at radius 1 is 1.18 bits per heavy atom. The van der Waals surface area contributed by atoms with E-state index in [1.54, 1.807) is 54.3 Å². The molecule has 2 aromatic rings. The van der Waals surface area contributed by atoms with Gasteiger partial charge in [0.2, 0.25) is 5.91 Å². The van der Waals surface area contributed by atoms with Crippen molar-refractivity contribution < 1.29 is 19.1 Å². The zero-order chi connectivity index (χ0) is 20.3. The highest BCUT2D eigenvalue weighted by atomic mass is 35.5. The van der Waals surface area contributed by atoms with Gasteiger partial charge in [0.05, 0.1) is 5.56 Å². The maximum Gasteiger partial charge on any atom is 0.338 e. The Hall–Kier alpha value is -2.86. The summed E-state index contributed by atoms with van der Waals surface area (Å²) >= 11 is 6.05. The van der Waals surface area contributed by atoms with Crippen molar-refractivity contribution in [2.75, 3.05) is 16.8 Å². The normalized spacial score (nSPS) is 14.7. The van der Waals surface area contributed by atoms with Crippen LogP contribution in [0.4, 0.5) is 11.4 Å². The van der Waals surface area contributed by atoms with Crippen LogP contribution in [0.25, 0.3) is 0 Å². The number of nitrogens with zero attached hydrogens (tertiary/aromatic N) is 1. The van der Waals surface area contributed by atoms with Gasteiger partial charge in [0.25, 0.3) is 5.91 Å². The second-order valence-corrected chi connectivity index (χ2v) is 7.05. The SMILES string of the molecule is Cc1c(Cl)cccc1NC(=O)[C@@H](C)OC(=O)c1ccc(N2CCCC2=O)cc1. The van der Waals surface area contributed by atoms with Gasteiger partial charge in [-0.1, -0.05) is 17.7 Å². The highest BCUT2D eigenvalue weighted by molar-refractivity contribution is 6.31. The first-order valence-electron chi connectivity index (χ1n) is 9.04. The molecule has 1 aliphatic heterocycles. The van der Waals surface area contributed by atoms with E-state index in [0.29, 0.717) is 29.2 Å². The molecule has 2 aromatic carbocycles. The number of halogens is 1. The van der Waals surface area contributed by atoms with Gasteiger partial charge in [0.15, 0.2) is 6.10 Å². The predicted octanol–water partition coefficient (Wildman–Crippen LogP) is 3.96. The molecular weight excluding hydrogens is 380 g/mol. The molecule has 3 rings (SSSR count). The first kappa shape index (κ1) is 19.9. The number of carbonyl (C=O) groups is 3. The fourth-order valence-electron chi connectivity index (χ4n) is 2.96. The number of rotatable bonds is 5. The summed E-state index contributed by atoms with van der Waals surface area (Å²) in [5, 5.41) is 3.25.